The fraction of sp³-hybridized carbons (Fsp3) is 0.875. The molecule has 0 aliphatic rings. The van der Waals surface area contributed by atoms with Crippen molar-refractivity contribution in [3.05, 3.63) is 0 Å². The Kier molecular flexibility index (Phi) is 48.1. The average Bonchev–Trinajstić information content (AvgIpc) is 1.54. The Balaban J connectivity index is -0.0000000270. The van der Waals surface area contributed by atoms with Gasteiger partial charge >= 0.3 is 17.4 Å². The summed E-state index contributed by atoms with van der Waals surface area (Å²) in [5.41, 5.74) is 0. The first kappa shape index (κ1) is 29.2. The van der Waals surface area contributed by atoms with Crippen LogP contribution in [0.5, 0.6) is 0 Å². The fourth-order valence-corrected chi connectivity index (χ4v) is 0. The van der Waals surface area contributed by atoms with Crippen molar-refractivity contribution in [2.45, 2.75) is 46.8 Å². The molecule has 0 aromatic heterocycles. The minimum atomic E-state index is -1.08. The molecule has 0 saturated carbocycles. The maximum atomic E-state index is 9.53. The summed E-state index contributed by atoms with van der Waals surface area (Å²) in [6, 6.07) is 0. The molecule has 0 bridgehead atoms. The summed E-state index contributed by atoms with van der Waals surface area (Å²) in [5, 5.41) is 27.9. The molecule has 0 aromatic carbocycles. The van der Waals surface area contributed by atoms with E-state index < -0.39 is 18.2 Å². The summed E-state index contributed by atoms with van der Waals surface area (Å²) in [5.74, 6) is -1.08. The Morgan fingerprint density at radius 3 is 1.00 bits per heavy atom. The predicted molar refractivity (Wildman–Crippen MR) is 50.3 cm³/mol. The molecule has 0 atom stereocenters. The van der Waals surface area contributed by atoms with Crippen molar-refractivity contribution in [2.75, 3.05) is 0 Å². The number of aliphatic carboxylic acids is 1. The zero-order chi connectivity index (χ0) is 10.7. The second-order valence-corrected chi connectivity index (χ2v) is 2.59. The first-order valence-electron chi connectivity index (χ1n) is 3.69. The molecule has 0 aromatic rings. The third-order valence-corrected chi connectivity index (χ3v) is 0. The average molecular weight is 222 g/mol. The summed E-state index contributed by atoms with van der Waals surface area (Å²) in [6.45, 7) is 7.42. The van der Waals surface area contributed by atoms with Gasteiger partial charge in [0.05, 0.1) is 0 Å². The third-order valence-electron chi connectivity index (χ3n) is 0. The molecular weight excluding hydrogens is 203 g/mol. The van der Waals surface area contributed by atoms with Gasteiger partial charge in [-0.1, -0.05) is 27.7 Å². The quantitative estimate of drug-likeness (QED) is 0.407. The smallest absolute Gasteiger partial charge is 0.852 e. The van der Waals surface area contributed by atoms with Crippen LogP contribution in [0.25, 0.3) is 0 Å². The van der Waals surface area contributed by atoms with E-state index in [9.17, 15) is 10.2 Å². The van der Waals surface area contributed by atoms with Gasteiger partial charge in [0.25, 0.3) is 0 Å². The summed E-state index contributed by atoms with van der Waals surface area (Å²) >= 11 is 0. The standard InChI is InChI=1S/2C3H7O.C2H4O2.Al.H2O/c2*1-3(2)4;1-2(3)4;;/h2*3H,1-2H3;1H3,(H,3,4);;1H2/q2*-1;;+3;/p-1. The van der Waals surface area contributed by atoms with Gasteiger partial charge in [-0.05, 0) is 6.92 Å². The van der Waals surface area contributed by atoms with E-state index in [0.717, 1.165) is 6.92 Å². The van der Waals surface area contributed by atoms with Gasteiger partial charge in [0.2, 0.25) is 0 Å². The molecule has 0 rings (SSSR count). The molecule has 0 spiro atoms. The van der Waals surface area contributed by atoms with E-state index in [2.05, 4.69) is 0 Å². The van der Waals surface area contributed by atoms with Crippen LogP contribution in [0.1, 0.15) is 34.6 Å². The van der Waals surface area contributed by atoms with E-state index in [4.69, 9.17) is 9.90 Å². The van der Waals surface area contributed by atoms with Crippen LogP contribution in [0.2, 0.25) is 0 Å². The summed E-state index contributed by atoms with van der Waals surface area (Å²) in [6.07, 6.45) is -0.833. The van der Waals surface area contributed by atoms with E-state index >= 15 is 0 Å². The molecule has 0 unspecified atom stereocenters. The van der Waals surface area contributed by atoms with Crippen molar-refractivity contribution < 1.29 is 25.6 Å². The molecule has 6 heteroatoms. The fourth-order valence-electron chi connectivity index (χ4n) is 0. The van der Waals surface area contributed by atoms with E-state index in [1.165, 1.54) is 0 Å². The number of hydrogen-bond acceptors (Lipinski definition) is 4. The molecule has 0 aliphatic carbocycles. The van der Waals surface area contributed by atoms with Crippen LogP contribution in [0.3, 0.4) is 0 Å². The summed E-state index contributed by atoms with van der Waals surface area (Å²) in [7, 11) is 0. The van der Waals surface area contributed by atoms with Crippen molar-refractivity contribution in [3.8, 4) is 0 Å². The van der Waals surface area contributed by atoms with Crippen LogP contribution >= 0.6 is 0 Å². The Labute approximate surface area is 96.2 Å². The first-order valence-corrected chi connectivity index (χ1v) is 3.69. The minimum absolute atomic E-state index is 0. The number of carbonyl (C=O) groups excluding carboxylic acids is 1. The van der Waals surface area contributed by atoms with Crippen molar-refractivity contribution in [2.24, 2.45) is 0 Å². The van der Waals surface area contributed by atoms with Crippen LogP contribution in [0, 0.1) is 0 Å². The topological polar surface area (TPSA) is 118 Å². The van der Waals surface area contributed by atoms with Crippen LogP contribution in [0.4, 0.5) is 0 Å². The molecular formula is C8H19AlO5. The predicted octanol–water partition coefficient (Wildman–Crippen LogP) is -2.94. The van der Waals surface area contributed by atoms with Gasteiger partial charge in [0.15, 0.2) is 0 Å². The van der Waals surface area contributed by atoms with Gasteiger partial charge < -0.3 is 25.6 Å². The van der Waals surface area contributed by atoms with Crippen molar-refractivity contribution >= 4 is 23.3 Å². The molecule has 14 heavy (non-hydrogen) atoms. The monoisotopic (exact) mass is 222 g/mol. The van der Waals surface area contributed by atoms with Crippen LogP contribution in [0.15, 0.2) is 0 Å². The Morgan fingerprint density at radius 1 is 1.00 bits per heavy atom. The van der Waals surface area contributed by atoms with Crippen LogP contribution < -0.4 is 15.3 Å². The van der Waals surface area contributed by atoms with Crippen molar-refractivity contribution in [3.63, 3.8) is 0 Å². The van der Waals surface area contributed by atoms with Crippen LogP contribution in [-0.2, 0) is 4.79 Å². The molecule has 0 radical (unpaired) electrons. The maximum Gasteiger partial charge on any atom is 3.00 e. The zero-order valence-electron chi connectivity index (χ0n) is 9.37. The molecule has 0 saturated heterocycles. The number of carboxylic acid groups (broad SMARTS) is 1. The number of rotatable bonds is 0. The van der Waals surface area contributed by atoms with Gasteiger partial charge in [-0.25, -0.2) is 0 Å². The third kappa shape index (κ3) is 102000. The minimum Gasteiger partial charge on any atom is -0.852 e. The largest absolute Gasteiger partial charge is 3.00 e. The number of carboxylic acids is 1. The van der Waals surface area contributed by atoms with E-state index in [-0.39, 0.29) is 22.8 Å². The van der Waals surface area contributed by atoms with Gasteiger partial charge in [-0.15, -0.1) is 12.2 Å². The first-order chi connectivity index (χ1) is 5.20. The number of hydrogen-bond donors (Lipinski definition) is 0. The Morgan fingerprint density at radius 2 is 1.00 bits per heavy atom. The van der Waals surface area contributed by atoms with E-state index in [1.54, 1.807) is 27.7 Å². The van der Waals surface area contributed by atoms with Gasteiger partial charge in [0.1, 0.15) is 0 Å². The van der Waals surface area contributed by atoms with Gasteiger partial charge in [0, 0.05) is 5.97 Å². The molecule has 84 valence electrons. The van der Waals surface area contributed by atoms with Crippen molar-refractivity contribution in [1.82, 2.24) is 0 Å². The molecule has 0 fully saturated rings. The summed E-state index contributed by atoms with van der Waals surface area (Å²) in [4.78, 5) is 8.89. The Bertz CT molecular complexity index is 80.2. The normalized spacial score (nSPS) is 6.93. The van der Waals surface area contributed by atoms with Crippen molar-refractivity contribution in [1.29, 1.82) is 0 Å². The molecule has 0 aliphatic heterocycles. The summed E-state index contributed by atoms with van der Waals surface area (Å²) < 4.78 is 0. The van der Waals surface area contributed by atoms with E-state index in [1.807, 2.05) is 0 Å². The number of carbonyl (C=O) groups is 1. The second kappa shape index (κ2) is 23.1. The maximum absolute atomic E-state index is 9.53. The molecule has 2 N–H and O–H groups in total. The second-order valence-electron chi connectivity index (χ2n) is 2.59. The Hall–Kier alpha value is -0.118. The molecule has 0 amide bonds. The molecule has 0 heterocycles. The van der Waals surface area contributed by atoms with Crippen LogP contribution in [-0.4, -0.2) is 41.0 Å². The van der Waals surface area contributed by atoms with Gasteiger partial charge in [-0.2, -0.15) is 0 Å². The molecule has 5 nitrogen and oxygen atoms in total. The SMILES string of the molecule is CC(=O)[O-].CC(C)[O-].CC(C)[O-].O.[Al+3]. The van der Waals surface area contributed by atoms with Gasteiger partial charge in [-0.3, -0.25) is 0 Å². The zero-order valence-corrected chi connectivity index (χ0v) is 10.5. The van der Waals surface area contributed by atoms with E-state index in [0.29, 0.717) is 0 Å².